The summed E-state index contributed by atoms with van der Waals surface area (Å²) in [5.41, 5.74) is 7.47. The highest BCUT2D eigenvalue weighted by Gasteiger charge is 2.14. The Balaban J connectivity index is 0.00000227. The third kappa shape index (κ3) is 11.2. The fraction of sp³-hybridized carbons (Fsp3) is 0.522. The number of carbonyl (C=O) groups excluding carboxylic acids is 1. The van der Waals surface area contributed by atoms with Crippen LogP contribution in [0, 0.1) is 0 Å². The molecule has 2 rings (SSSR count). The van der Waals surface area contributed by atoms with Crippen molar-refractivity contribution in [3.8, 4) is 0 Å². The third-order valence-corrected chi connectivity index (χ3v) is 4.17. The van der Waals surface area contributed by atoms with E-state index in [0.717, 1.165) is 37.2 Å². The summed E-state index contributed by atoms with van der Waals surface area (Å²) in [6, 6.07) is -0.287. The van der Waals surface area contributed by atoms with E-state index in [-0.39, 0.29) is 23.7 Å². The minimum atomic E-state index is -0.355. The van der Waals surface area contributed by atoms with Crippen LogP contribution in [0.4, 0.5) is 6.01 Å². The molecule has 0 radical (unpaired) electrons. The number of nitrogens with one attached hydrogen (secondary N) is 2. The maximum atomic E-state index is 12.2. The lowest BCUT2D eigenvalue weighted by Gasteiger charge is -2.22. The van der Waals surface area contributed by atoms with Crippen molar-refractivity contribution in [3.05, 3.63) is 47.4 Å². The molecule has 0 aromatic carbocycles. The van der Waals surface area contributed by atoms with Crippen LogP contribution in [0.2, 0.25) is 0 Å². The molecule has 4 N–H and O–H groups in total. The van der Waals surface area contributed by atoms with Gasteiger partial charge in [-0.05, 0) is 38.1 Å². The number of rotatable bonds is 10. The highest BCUT2D eigenvalue weighted by molar-refractivity contribution is 6.18. The molecule has 1 atom stereocenters. The van der Waals surface area contributed by atoms with Crippen molar-refractivity contribution < 1.29 is 9.21 Å². The van der Waals surface area contributed by atoms with E-state index in [0.29, 0.717) is 5.88 Å². The summed E-state index contributed by atoms with van der Waals surface area (Å²) in [6.45, 7) is 12.5. The molecule has 1 aromatic heterocycles. The second-order valence-electron chi connectivity index (χ2n) is 6.29. The second kappa shape index (κ2) is 18.0. The average Bonchev–Trinajstić information content (AvgIpc) is 3.26. The second-order valence-corrected chi connectivity index (χ2v) is 6.59. The van der Waals surface area contributed by atoms with Gasteiger partial charge in [0.2, 0.25) is 0 Å². The first-order chi connectivity index (χ1) is 15.5. The molecule has 180 valence electrons. The minimum absolute atomic E-state index is 0.0399. The van der Waals surface area contributed by atoms with Crippen molar-refractivity contribution in [3.63, 3.8) is 0 Å². The summed E-state index contributed by atoms with van der Waals surface area (Å²) in [7, 11) is 1.94. The van der Waals surface area contributed by atoms with E-state index in [1.54, 1.807) is 0 Å². The van der Waals surface area contributed by atoms with Gasteiger partial charge in [-0.1, -0.05) is 52.0 Å². The zero-order valence-corrected chi connectivity index (χ0v) is 20.9. The number of nitrogen functional groups attached to an aromatic ring is 1. The lowest BCUT2D eigenvalue weighted by atomic mass is 10.0. The SMILES string of the molecule is CC.CC.CNCCCN1CC=C(C(/C=C\CCl)=C/C(C)NC(=O)c2coc(N)n2)C=N1. The summed E-state index contributed by atoms with van der Waals surface area (Å²) >= 11 is 5.80. The number of alkyl halides is 1. The Labute approximate surface area is 197 Å². The maximum Gasteiger partial charge on any atom is 0.292 e. The highest BCUT2D eigenvalue weighted by Crippen LogP contribution is 2.16. The van der Waals surface area contributed by atoms with Gasteiger partial charge in [-0.3, -0.25) is 9.80 Å². The molecule has 0 bridgehead atoms. The Morgan fingerprint density at radius 3 is 2.62 bits per heavy atom. The van der Waals surface area contributed by atoms with Gasteiger partial charge in [0.25, 0.3) is 11.9 Å². The number of hydrazone groups is 1. The summed E-state index contributed by atoms with van der Waals surface area (Å²) in [6.07, 6.45) is 11.9. The predicted molar refractivity (Wildman–Crippen MR) is 135 cm³/mol. The zero-order valence-electron chi connectivity index (χ0n) is 20.2. The summed E-state index contributed by atoms with van der Waals surface area (Å²) in [5.74, 6) is 0.0449. The lowest BCUT2D eigenvalue weighted by molar-refractivity contribution is 0.0942. The molecule has 0 saturated carbocycles. The van der Waals surface area contributed by atoms with Crippen LogP contribution in [0.5, 0.6) is 0 Å². The van der Waals surface area contributed by atoms with Gasteiger partial charge in [0, 0.05) is 18.5 Å². The number of hydrogen-bond donors (Lipinski definition) is 3. The molecule has 1 amide bonds. The molecule has 8 nitrogen and oxygen atoms in total. The van der Waals surface area contributed by atoms with Crippen LogP contribution < -0.4 is 16.4 Å². The predicted octanol–water partition coefficient (Wildman–Crippen LogP) is 3.99. The number of allylic oxidation sites excluding steroid dienone is 4. The Kier molecular flexibility index (Phi) is 16.6. The van der Waals surface area contributed by atoms with E-state index in [2.05, 4.69) is 26.8 Å². The molecule has 32 heavy (non-hydrogen) atoms. The van der Waals surface area contributed by atoms with E-state index in [4.69, 9.17) is 21.8 Å². The van der Waals surface area contributed by atoms with E-state index < -0.39 is 0 Å². The largest absolute Gasteiger partial charge is 0.431 e. The summed E-state index contributed by atoms with van der Waals surface area (Å²) in [5, 5.41) is 12.5. The molecule has 0 spiro atoms. The molecule has 1 aliphatic rings. The van der Waals surface area contributed by atoms with Crippen LogP contribution in [-0.2, 0) is 0 Å². The summed E-state index contributed by atoms with van der Waals surface area (Å²) < 4.78 is 4.87. The van der Waals surface area contributed by atoms with E-state index >= 15 is 0 Å². The molecular weight excluding hydrogens is 428 g/mol. The van der Waals surface area contributed by atoms with Crippen molar-refractivity contribution in [1.82, 2.24) is 20.6 Å². The van der Waals surface area contributed by atoms with Crippen molar-refractivity contribution in [1.29, 1.82) is 0 Å². The van der Waals surface area contributed by atoms with Gasteiger partial charge in [-0.2, -0.15) is 10.1 Å². The lowest BCUT2D eigenvalue weighted by Crippen LogP contribution is -2.31. The first kappa shape index (κ1) is 29.4. The molecule has 0 fully saturated rings. The highest BCUT2D eigenvalue weighted by atomic mass is 35.5. The first-order valence-electron chi connectivity index (χ1n) is 11.1. The van der Waals surface area contributed by atoms with Crippen LogP contribution in [0.15, 0.2) is 51.2 Å². The monoisotopic (exact) mass is 466 g/mol. The van der Waals surface area contributed by atoms with Crippen LogP contribution >= 0.6 is 11.6 Å². The van der Waals surface area contributed by atoms with E-state index in [1.807, 2.05) is 71.1 Å². The molecule has 0 aliphatic carbocycles. The molecule has 1 unspecified atom stereocenters. The third-order valence-electron chi connectivity index (χ3n) is 3.99. The maximum absolute atomic E-state index is 12.2. The molecule has 2 heterocycles. The number of aromatic nitrogens is 1. The van der Waals surface area contributed by atoms with Crippen LogP contribution in [0.25, 0.3) is 0 Å². The number of amides is 1. The Bertz CT molecular complexity index is 770. The smallest absolute Gasteiger partial charge is 0.292 e. The Morgan fingerprint density at radius 2 is 2.09 bits per heavy atom. The van der Waals surface area contributed by atoms with Gasteiger partial charge >= 0.3 is 0 Å². The molecule has 9 heteroatoms. The van der Waals surface area contributed by atoms with Crippen molar-refractivity contribution in [2.45, 2.75) is 47.1 Å². The van der Waals surface area contributed by atoms with Gasteiger partial charge in [0.05, 0.1) is 12.8 Å². The number of anilines is 1. The van der Waals surface area contributed by atoms with Crippen molar-refractivity contribution in [2.75, 3.05) is 38.3 Å². The minimum Gasteiger partial charge on any atom is -0.431 e. The van der Waals surface area contributed by atoms with Crippen LogP contribution in [0.3, 0.4) is 0 Å². The number of halogens is 1. The summed E-state index contributed by atoms with van der Waals surface area (Å²) in [4.78, 5) is 16.0. The number of oxazole rings is 1. The van der Waals surface area contributed by atoms with Gasteiger partial charge in [0.1, 0.15) is 6.26 Å². The molecule has 0 saturated heterocycles. The van der Waals surface area contributed by atoms with Gasteiger partial charge in [-0.25, -0.2) is 0 Å². The fourth-order valence-corrected chi connectivity index (χ4v) is 2.72. The molecule has 1 aliphatic heterocycles. The number of hydrogen-bond acceptors (Lipinski definition) is 7. The zero-order chi connectivity index (χ0) is 24.4. The van der Waals surface area contributed by atoms with Crippen molar-refractivity contribution >= 4 is 29.7 Å². The van der Waals surface area contributed by atoms with E-state index in [1.165, 1.54) is 6.26 Å². The average molecular weight is 467 g/mol. The Hall–Kier alpha value is -2.58. The molecule has 1 aromatic rings. The van der Waals surface area contributed by atoms with E-state index in [9.17, 15) is 4.79 Å². The normalized spacial score (nSPS) is 14.2. The van der Waals surface area contributed by atoms with Crippen LogP contribution in [0.1, 0.15) is 51.5 Å². The van der Waals surface area contributed by atoms with Gasteiger partial charge < -0.3 is 20.8 Å². The van der Waals surface area contributed by atoms with Crippen LogP contribution in [-0.4, -0.2) is 60.7 Å². The van der Waals surface area contributed by atoms with Crippen molar-refractivity contribution in [2.24, 2.45) is 5.10 Å². The molecular formula is C23H39ClN6O2. The fourth-order valence-electron chi connectivity index (χ4n) is 2.63. The number of carbonyl (C=O) groups is 1. The Morgan fingerprint density at radius 1 is 1.38 bits per heavy atom. The number of nitrogens with two attached hydrogens (primary N) is 1. The quantitative estimate of drug-likeness (QED) is 0.273. The topological polar surface area (TPSA) is 109 Å². The van der Waals surface area contributed by atoms with Gasteiger partial charge in [-0.15, -0.1) is 11.6 Å². The number of nitrogens with zero attached hydrogens (tertiary/aromatic N) is 3. The first-order valence-corrected chi connectivity index (χ1v) is 11.7. The van der Waals surface area contributed by atoms with Gasteiger partial charge in [0.15, 0.2) is 5.69 Å². The standard InChI is InChI=1S/C19H27ClN6O2.2C2H6/c1-14(24-18(27)17-13-28-19(21)25-17)11-15(5-3-7-20)16-6-10-26(23-12-16)9-4-8-22-2;2*1-2/h3,5-6,11-14,22H,4,7-10H2,1-2H3,(H2,21,25)(H,24,27);2*1-2H3/b5-3-,15-11+;;.